The van der Waals surface area contributed by atoms with Gasteiger partial charge in [-0.1, -0.05) is 12.8 Å². The molecule has 0 aromatic heterocycles. The zero-order valence-corrected chi connectivity index (χ0v) is 10.1. The molecule has 0 atom stereocenters. The van der Waals surface area contributed by atoms with Gasteiger partial charge in [0.05, 0.1) is 5.60 Å². The van der Waals surface area contributed by atoms with Crippen LogP contribution >= 0.6 is 0 Å². The summed E-state index contributed by atoms with van der Waals surface area (Å²) in [5.74, 6) is -1.01. The second-order valence-corrected chi connectivity index (χ2v) is 4.78. The number of aliphatic hydroxyl groups is 1. The normalized spacial score (nSPS) is 17.9. The molecule has 0 spiro atoms. The Balaban J connectivity index is 2.05. The summed E-state index contributed by atoms with van der Waals surface area (Å²) >= 11 is 0. The number of hydrogen-bond acceptors (Lipinski definition) is 3. The molecule has 5 heteroatoms. The average molecular weight is 243 g/mol. The van der Waals surface area contributed by atoms with Crippen molar-refractivity contribution in [3.63, 3.8) is 0 Å². The maximum absolute atomic E-state index is 11.3. The SMILES string of the molecule is O=C(O)CCCC(=O)NCCC1(O)CCCC1. The van der Waals surface area contributed by atoms with E-state index in [0.29, 0.717) is 19.4 Å². The molecule has 1 rings (SSSR count). The second-order valence-electron chi connectivity index (χ2n) is 4.78. The first-order valence-corrected chi connectivity index (χ1v) is 6.23. The zero-order valence-electron chi connectivity index (χ0n) is 10.1. The summed E-state index contributed by atoms with van der Waals surface area (Å²) in [5.41, 5.74) is -0.589. The number of carboxylic acids is 1. The predicted octanol–water partition coefficient (Wildman–Crippen LogP) is 1.05. The highest BCUT2D eigenvalue weighted by Gasteiger charge is 2.30. The van der Waals surface area contributed by atoms with Crippen molar-refractivity contribution >= 4 is 11.9 Å². The van der Waals surface area contributed by atoms with Gasteiger partial charge in [0, 0.05) is 19.4 Å². The summed E-state index contributed by atoms with van der Waals surface area (Å²) in [6, 6.07) is 0. The van der Waals surface area contributed by atoms with Gasteiger partial charge in [-0.05, 0) is 25.7 Å². The Morgan fingerprint density at radius 2 is 1.82 bits per heavy atom. The van der Waals surface area contributed by atoms with Crippen LogP contribution in [0.25, 0.3) is 0 Å². The molecule has 1 aliphatic rings. The van der Waals surface area contributed by atoms with E-state index >= 15 is 0 Å². The van der Waals surface area contributed by atoms with Gasteiger partial charge >= 0.3 is 5.97 Å². The lowest BCUT2D eigenvalue weighted by molar-refractivity contribution is -0.137. The lowest BCUT2D eigenvalue weighted by atomic mass is 9.98. The summed E-state index contributed by atoms with van der Waals surface area (Å²) in [6.45, 7) is 0.475. The van der Waals surface area contributed by atoms with E-state index < -0.39 is 11.6 Å². The number of hydrogen-bond donors (Lipinski definition) is 3. The summed E-state index contributed by atoms with van der Waals surface area (Å²) in [7, 11) is 0. The smallest absolute Gasteiger partial charge is 0.303 e. The predicted molar refractivity (Wildman–Crippen MR) is 62.5 cm³/mol. The number of amides is 1. The van der Waals surface area contributed by atoms with Crippen molar-refractivity contribution in [2.45, 2.75) is 57.0 Å². The van der Waals surface area contributed by atoms with Crippen LogP contribution in [0.3, 0.4) is 0 Å². The van der Waals surface area contributed by atoms with Gasteiger partial charge in [0.25, 0.3) is 0 Å². The Bertz CT molecular complexity index is 272. The minimum Gasteiger partial charge on any atom is -0.481 e. The fourth-order valence-electron chi connectivity index (χ4n) is 2.21. The molecule has 0 radical (unpaired) electrons. The molecule has 1 fully saturated rings. The molecule has 0 unspecified atom stereocenters. The third-order valence-electron chi connectivity index (χ3n) is 3.24. The van der Waals surface area contributed by atoms with E-state index in [1.54, 1.807) is 0 Å². The summed E-state index contributed by atoms with van der Waals surface area (Å²) in [4.78, 5) is 21.6. The van der Waals surface area contributed by atoms with Crippen LogP contribution in [0.2, 0.25) is 0 Å². The first-order valence-electron chi connectivity index (χ1n) is 6.23. The highest BCUT2D eigenvalue weighted by Crippen LogP contribution is 2.31. The van der Waals surface area contributed by atoms with Gasteiger partial charge in [-0.15, -0.1) is 0 Å². The van der Waals surface area contributed by atoms with E-state index in [4.69, 9.17) is 5.11 Å². The number of carbonyl (C=O) groups is 2. The van der Waals surface area contributed by atoms with Gasteiger partial charge in [0.15, 0.2) is 0 Å². The molecule has 0 heterocycles. The van der Waals surface area contributed by atoms with Crippen LogP contribution in [-0.4, -0.2) is 34.2 Å². The van der Waals surface area contributed by atoms with E-state index in [0.717, 1.165) is 25.7 Å². The van der Waals surface area contributed by atoms with E-state index in [2.05, 4.69) is 5.32 Å². The molecule has 1 amide bonds. The van der Waals surface area contributed by atoms with Gasteiger partial charge in [-0.25, -0.2) is 0 Å². The summed E-state index contributed by atoms with van der Waals surface area (Å²) < 4.78 is 0. The maximum Gasteiger partial charge on any atom is 0.303 e. The van der Waals surface area contributed by atoms with Crippen LogP contribution < -0.4 is 5.32 Å². The van der Waals surface area contributed by atoms with Crippen LogP contribution in [0, 0.1) is 0 Å². The van der Waals surface area contributed by atoms with Gasteiger partial charge < -0.3 is 15.5 Å². The molecule has 0 aromatic carbocycles. The standard InChI is InChI=1S/C12H21NO4/c14-10(4-3-5-11(15)16)13-9-8-12(17)6-1-2-7-12/h17H,1-9H2,(H,13,14)(H,15,16). The topological polar surface area (TPSA) is 86.6 Å². The average Bonchev–Trinajstić information content (AvgIpc) is 2.65. The Morgan fingerprint density at radius 3 is 2.41 bits per heavy atom. The maximum atomic E-state index is 11.3. The monoisotopic (exact) mass is 243 g/mol. The van der Waals surface area contributed by atoms with Crippen molar-refractivity contribution in [2.24, 2.45) is 0 Å². The molecule has 5 nitrogen and oxygen atoms in total. The largest absolute Gasteiger partial charge is 0.481 e. The number of carboxylic acid groups (broad SMARTS) is 1. The van der Waals surface area contributed by atoms with Gasteiger partial charge in [0.2, 0.25) is 5.91 Å². The molecule has 3 N–H and O–H groups in total. The molecular weight excluding hydrogens is 222 g/mol. The third-order valence-corrected chi connectivity index (χ3v) is 3.24. The highest BCUT2D eigenvalue weighted by atomic mass is 16.4. The fourth-order valence-corrected chi connectivity index (χ4v) is 2.21. The van der Waals surface area contributed by atoms with Crippen molar-refractivity contribution in [3.8, 4) is 0 Å². The zero-order chi connectivity index (χ0) is 12.7. The molecule has 0 aromatic rings. The minimum absolute atomic E-state index is 0.0252. The first kappa shape index (κ1) is 14.0. The van der Waals surface area contributed by atoms with Crippen molar-refractivity contribution in [2.75, 3.05) is 6.54 Å². The van der Waals surface area contributed by atoms with Crippen molar-refractivity contribution < 1.29 is 19.8 Å². The molecule has 1 aliphatic carbocycles. The van der Waals surface area contributed by atoms with E-state index in [1.165, 1.54) is 0 Å². The quantitative estimate of drug-likeness (QED) is 0.624. The molecule has 0 saturated heterocycles. The van der Waals surface area contributed by atoms with Gasteiger partial charge in [0.1, 0.15) is 0 Å². The molecular formula is C12H21NO4. The van der Waals surface area contributed by atoms with Crippen LogP contribution in [0.5, 0.6) is 0 Å². The van der Waals surface area contributed by atoms with Crippen LogP contribution in [0.1, 0.15) is 51.4 Å². The summed E-state index contributed by atoms with van der Waals surface area (Å²) in [6.07, 6.45) is 4.99. The number of aliphatic carboxylic acids is 1. The number of carbonyl (C=O) groups excluding carboxylic acids is 1. The lowest BCUT2D eigenvalue weighted by Gasteiger charge is -2.21. The Morgan fingerprint density at radius 1 is 1.18 bits per heavy atom. The minimum atomic E-state index is -0.877. The fraction of sp³-hybridized carbons (Fsp3) is 0.833. The molecule has 98 valence electrons. The third kappa shape index (κ3) is 5.68. The Hall–Kier alpha value is -1.10. The van der Waals surface area contributed by atoms with E-state index in [-0.39, 0.29) is 18.7 Å². The first-order chi connectivity index (χ1) is 8.02. The lowest BCUT2D eigenvalue weighted by Crippen LogP contribution is -2.32. The van der Waals surface area contributed by atoms with E-state index in [1.807, 2.05) is 0 Å². The number of rotatable bonds is 7. The van der Waals surface area contributed by atoms with Crippen molar-refractivity contribution in [1.29, 1.82) is 0 Å². The molecule has 0 bridgehead atoms. The highest BCUT2D eigenvalue weighted by molar-refractivity contribution is 5.76. The molecule has 0 aliphatic heterocycles. The Labute approximate surface area is 101 Å². The van der Waals surface area contributed by atoms with Gasteiger partial charge in [-0.3, -0.25) is 9.59 Å². The van der Waals surface area contributed by atoms with Crippen LogP contribution in [0.15, 0.2) is 0 Å². The van der Waals surface area contributed by atoms with Crippen molar-refractivity contribution in [1.82, 2.24) is 5.32 Å². The second kappa shape index (κ2) is 6.59. The van der Waals surface area contributed by atoms with Crippen LogP contribution in [-0.2, 0) is 9.59 Å². The molecule has 1 saturated carbocycles. The van der Waals surface area contributed by atoms with Crippen LogP contribution in [0.4, 0.5) is 0 Å². The Kier molecular flexibility index (Phi) is 5.41. The molecule has 17 heavy (non-hydrogen) atoms. The van der Waals surface area contributed by atoms with Gasteiger partial charge in [-0.2, -0.15) is 0 Å². The van der Waals surface area contributed by atoms with E-state index in [9.17, 15) is 14.7 Å². The van der Waals surface area contributed by atoms with Crippen molar-refractivity contribution in [3.05, 3.63) is 0 Å². The number of nitrogens with one attached hydrogen (secondary N) is 1. The summed E-state index contributed by atoms with van der Waals surface area (Å²) in [5, 5.41) is 21.2.